The van der Waals surface area contributed by atoms with Crippen molar-refractivity contribution in [1.82, 2.24) is 15.2 Å². The number of aromatic nitrogens is 1. The predicted molar refractivity (Wildman–Crippen MR) is 152 cm³/mol. The van der Waals surface area contributed by atoms with E-state index in [1.54, 1.807) is 85.1 Å². The number of pyridine rings is 1. The third-order valence-corrected chi connectivity index (χ3v) is 6.88. The van der Waals surface area contributed by atoms with Gasteiger partial charge in [-0.15, -0.1) is 0 Å². The van der Waals surface area contributed by atoms with Crippen molar-refractivity contribution in [3.8, 4) is 0 Å². The molecule has 0 aliphatic heterocycles. The fourth-order valence-electron chi connectivity index (χ4n) is 4.71. The molecule has 1 unspecified atom stereocenters. The minimum Gasteiger partial charge on any atom is -0.347 e. The lowest BCUT2D eigenvalue weighted by Gasteiger charge is -2.34. The summed E-state index contributed by atoms with van der Waals surface area (Å²) in [7, 11) is 1.27. The van der Waals surface area contributed by atoms with E-state index in [-0.39, 0.29) is 12.6 Å². The van der Waals surface area contributed by atoms with Gasteiger partial charge in [-0.05, 0) is 41.5 Å². The second-order valence-electron chi connectivity index (χ2n) is 9.90. The molecule has 0 aliphatic rings. The molecular formula is C33H27F6N3O2. The maximum Gasteiger partial charge on any atom is 0.416 e. The summed E-state index contributed by atoms with van der Waals surface area (Å²) in [6.07, 6.45) is -6.10. The van der Waals surface area contributed by atoms with Gasteiger partial charge in [-0.25, -0.2) is 0 Å². The number of alkyl halides is 6. The minimum atomic E-state index is -5.13. The van der Waals surface area contributed by atoms with Gasteiger partial charge in [-0.2, -0.15) is 26.3 Å². The maximum absolute atomic E-state index is 13.7. The highest BCUT2D eigenvalue weighted by molar-refractivity contribution is 5.95. The van der Waals surface area contributed by atoms with Crippen LogP contribution < -0.4 is 5.32 Å². The predicted octanol–water partition coefficient (Wildman–Crippen LogP) is 7.26. The first-order valence-corrected chi connectivity index (χ1v) is 13.4. The Labute approximate surface area is 249 Å². The average Bonchev–Trinajstić information content (AvgIpc) is 3.01. The zero-order chi connectivity index (χ0) is 31.9. The van der Waals surface area contributed by atoms with Gasteiger partial charge in [-0.3, -0.25) is 14.6 Å². The zero-order valence-electron chi connectivity index (χ0n) is 23.3. The lowest BCUT2D eigenvalue weighted by atomic mass is 9.83. The molecule has 1 heterocycles. The van der Waals surface area contributed by atoms with Crippen molar-refractivity contribution in [2.45, 2.75) is 30.9 Å². The van der Waals surface area contributed by atoms with Crippen LogP contribution in [0.3, 0.4) is 0 Å². The first-order valence-electron chi connectivity index (χ1n) is 13.4. The molecule has 228 valence electrons. The molecule has 2 amide bonds. The van der Waals surface area contributed by atoms with E-state index in [4.69, 9.17) is 0 Å². The molecule has 1 atom stereocenters. The lowest BCUT2D eigenvalue weighted by molar-refractivity contribution is -0.143. The number of carbonyl (C=O) groups excluding carboxylic acids is 2. The molecule has 44 heavy (non-hydrogen) atoms. The van der Waals surface area contributed by atoms with Crippen LogP contribution in [0.4, 0.5) is 26.3 Å². The number of nitrogens with one attached hydrogen (secondary N) is 1. The summed E-state index contributed by atoms with van der Waals surface area (Å²) in [6.45, 7) is 0.106. The van der Waals surface area contributed by atoms with Crippen molar-refractivity contribution in [3.05, 3.63) is 149 Å². The van der Waals surface area contributed by atoms with Crippen LogP contribution in [-0.4, -0.2) is 34.8 Å². The third-order valence-electron chi connectivity index (χ3n) is 6.88. The lowest BCUT2D eigenvalue weighted by Crippen LogP contribution is -2.40. The molecule has 4 aromatic rings. The molecule has 5 nitrogen and oxygen atoms in total. The van der Waals surface area contributed by atoms with Gasteiger partial charge < -0.3 is 10.2 Å². The number of benzene rings is 3. The normalized spacial score (nSPS) is 12.7. The quantitative estimate of drug-likeness (QED) is 0.160. The van der Waals surface area contributed by atoms with E-state index < -0.39 is 52.8 Å². The maximum atomic E-state index is 13.7. The largest absolute Gasteiger partial charge is 0.416 e. The highest BCUT2D eigenvalue weighted by atomic mass is 19.4. The monoisotopic (exact) mass is 611 g/mol. The van der Waals surface area contributed by atoms with E-state index in [0.717, 1.165) is 4.90 Å². The van der Waals surface area contributed by atoms with Crippen LogP contribution >= 0.6 is 0 Å². The smallest absolute Gasteiger partial charge is 0.347 e. The van der Waals surface area contributed by atoms with Gasteiger partial charge in [0.25, 0.3) is 5.91 Å². The molecule has 11 heteroatoms. The van der Waals surface area contributed by atoms with Crippen LogP contribution in [0.2, 0.25) is 0 Å². The van der Waals surface area contributed by atoms with Crippen molar-refractivity contribution in [2.24, 2.45) is 0 Å². The summed E-state index contributed by atoms with van der Waals surface area (Å²) in [5.41, 5.74) is -2.02. The molecular weight excluding hydrogens is 584 g/mol. The van der Waals surface area contributed by atoms with Crippen LogP contribution in [0.25, 0.3) is 0 Å². The summed E-state index contributed by atoms with van der Waals surface area (Å²) in [5.74, 6) is -2.29. The van der Waals surface area contributed by atoms with Gasteiger partial charge >= 0.3 is 12.4 Å². The van der Waals surface area contributed by atoms with Gasteiger partial charge in [0.2, 0.25) is 5.91 Å². The molecule has 1 aromatic heterocycles. The molecule has 0 saturated carbocycles. The summed E-state index contributed by atoms with van der Waals surface area (Å²) in [6, 6.07) is 22.6. The number of amides is 2. The average molecular weight is 612 g/mol. The van der Waals surface area contributed by atoms with Gasteiger partial charge in [0, 0.05) is 30.8 Å². The highest BCUT2D eigenvalue weighted by Gasteiger charge is 2.38. The van der Waals surface area contributed by atoms with Crippen LogP contribution in [0.5, 0.6) is 0 Å². The van der Waals surface area contributed by atoms with E-state index in [9.17, 15) is 35.9 Å². The number of halogens is 6. The topological polar surface area (TPSA) is 62.3 Å². The molecule has 4 rings (SSSR count). The molecule has 3 aromatic carbocycles. The Morgan fingerprint density at radius 2 is 1.32 bits per heavy atom. The second kappa shape index (κ2) is 13.6. The Morgan fingerprint density at radius 3 is 1.80 bits per heavy atom. The van der Waals surface area contributed by atoms with Gasteiger partial charge in [-0.1, -0.05) is 72.8 Å². The molecule has 0 radical (unpaired) electrons. The van der Waals surface area contributed by atoms with Crippen molar-refractivity contribution >= 4 is 11.8 Å². The van der Waals surface area contributed by atoms with Crippen molar-refractivity contribution in [1.29, 1.82) is 0 Å². The first kappa shape index (κ1) is 32.0. The van der Waals surface area contributed by atoms with Crippen LogP contribution in [0.15, 0.2) is 115 Å². The Balaban J connectivity index is 1.77. The fraction of sp³-hybridized carbons (Fsp3) is 0.182. The number of hydrogen-bond donors (Lipinski definition) is 1. The van der Waals surface area contributed by atoms with Crippen molar-refractivity contribution < 1.29 is 35.9 Å². The second-order valence-corrected chi connectivity index (χ2v) is 9.90. The van der Waals surface area contributed by atoms with E-state index in [2.05, 4.69) is 10.3 Å². The number of rotatable bonds is 9. The molecule has 0 fully saturated rings. The number of hydrogen-bond acceptors (Lipinski definition) is 3. The Hall–Kier alpha value is -4.93. The summed E-state index contributed by atoms with van der Waals surface area (Å²) in [5, 5.41) is 2.68. The third kappa shape index (κ3) is 8.12. The van der Waals surface area contributed by atoms with E-state index in [1.165, 1.54) is 19.2 Å². The highest BCUT2D eigenvalue weighted by Crippen LogP contribution is 2.37. The SMILES string of the molecule is CN(C(=O)c1cc(C(F)(F)F)cc(C(F)(F)F)c1)C(C=CC(=O)NCc1ccccn1)C(c1ccccc1)c1ccccc1. The summed E-state index contributed by atoms with van der Waals surface area (Å²) >= 11 is 0. The Bertz CT molecular complexity index is 1520. The van der Waals surface area contributed by atoms with Crippen LogP contribution in [0.1, 0.15) is 44.2 Å². The molecule has 0 saturated heterocycles. The minimum absolute atomic E-state index is 0.0309. The number of nitrogens with zero attached hydrogens (tertiary/aromatic N) is 2. The Kier molecular flexibility index (Phi) is 9.87. The van der Waals surface area contributed by atoms with E-state index in [1.807, 2.05) is 0 Å². The summed E-state index contributed by atoms with van der Waals surface area (Å²) < 4.78 is 81.5. The van der Waals surface area contributed by atoms with Crippen LogP contribution in [0, 0.1) is 0 Å². The van der Waals surface area contributed by atoms with Crippen LogP contribution in [-0.2, 0) is 23.7 Å². The standard InChI is InChI=1S/C33H27F6N3O2/c1-42(31(44)24-18-25(32(34,35)36)20-26(19-24)33(37,38)39)28(15-16-29(43)41-21-27-14-8-9-17-40-27)30(22-10-4-2-5-11-22)23-12-6-3-7-13-23/h2-20,28,30H,21H2,1H3,(H,41,43). The number of likely N-dealkylation sites (N-methyl/N-ethyl adjacent to an activating group) is 1. The zero-order valence-corrected chi connectivity index (χ0v) is 23.3. The first-order chi connectivity index (χ1) is 20.8. The number of carbonyl (C=O) groups is 2. The van der Waals surface area contributed by atoms with E-state index >= 15 is 0 Å². The fourth-order valence-corrected chi connectivity index (χ4v) is 4.71. The summed E-state index contributed by atoms with van der Waals surface area (Å²) in [4.78, 5) is 31.7. The molecule has 0 spiro atoms. The molecule has 0 bridgehead atoms. The molecule has 0 aliphatic carbocycles. The van der Waals surface area contributed by atoms with Crippen molar-refractivity contribution in [2.75, 3.05) is 7.05 Å². The van der Waals surface area contributed by atoms with Crippen molar-refractivity contribution in [3.63, 3.8) is 0 Å². The Morgan fingerprint density at radius 1 is 0.795 bits per heavy atom. The van der Waals surface area contributed by atoms with Gasteiger partial charge in [0.15, 0.2) is 0 Å². The van der Waals surface area contributed by atoms with E-state index in [0.29, 0.717) is 29.0 Å². The van der Waals surface area contributed by atoms with Gasteiger partial charge in [0.1, 0.15) is 0 Å². The molecule has 1 N–H and O–H groups in total. The van der Waals surface area contributed by atoms with Gasteiger partial charge in [0.05, 0.1) is 29.4 Å².